The highest BCUT2D eigenvalue weighted by atomic mass is 15.3. The van der Waals surface area contributed by atoms with Crippen molar-refractivity contribution in [3.8, 4) is 0 Å². The fraction of sp³-hybridized carbons (Fsp3) is 0.400. The highest BCUT2D eigenvalue weighted by Crippen LogP contribution is 2.24. The molecule has 1 aromatic carbocycles. The van der Waals surface area contributed by atoms with Crippen molar-refractivity contribution in [1.29, 1.82) is 0 Å². The lowest BCUT2D eigenvalue weighted by Crippen LogP contribution is -2.31. The fourth-order valence-corrected chi connectivity index (χ4v) is 2.32. The molecule has 0 aliphatic rings. The van der Waals surface area contributed by atoms with Gasteiger partial charge in [-0.3, -0.25) is 10.5 Å². The van der Waals surface area contributed by atoms with Crippen LogP contribution in [0, 0.1) is 0 Å². The quantitative estimate of drug-likeness (QED) is 0.623. The summed E-state index contributed by atoms with van der Waals surface area (Å²) in [5.41, 5.74) is 6.29. The third-order valence-electron chi connectivity index (χ3n) is 3.37. The number of nitrogens with two attached hydrogens (primary N) is 1. The average molecular weight is 273 g/mol. The highest BCUT2D eigenvalue weighted by molar-refractivity contribution is 5.48. The zero-order chi connectivity index (χ0) is 14.5. The van der Waals surface area contributed by atoms with Gasteiger partial charge in [0.1, 0.15) is 0 Å². The molecule has 1 heterocycles. The largest absolute Gasteiger partial charge is 0.378 e. The molecular formula is C15H23N5. The van der Waals surface area contributed by atoms with E-state index in [1.54, 1.807) is 0 Å². The molecule has 0 aliphatic carbocycles. The van der Waals surface area contributed by atoms with E-state index in [0.29, 0.717) is 0 Å². The number of hydrazine groups is 1. The molecule has 20 heavy (non-hydrogen) atoms. The Balaban J connectivity index is 2.36. The smallest absolute Gasteiger partial charge is 0.0879 e. The number of anilines is 1. The molecule has 1 aromatic heterocycles. The van der Waals surface area contributed by atoms with Crippen LogP contribution in [0.5, 0.6) is 0 Å². The molecule has 0 amide bonds. The van der Waals surface area contributed by atoms with E-state index >= 15 is 0 Å². The molecule has 3 N–H and O–H groups in total. The van der Waals surface area contributed by atoms with E-state index in [1.807, 2.05) is 31.0 Å². The van der Waals surface area contributed by atoms with Crippen molar-refractivity contribution in [1.82, 2.24) is 15.2 Å². The van der Waals surface area contributed by atoms with E-state index in [2.05, 4.69) is 46.6 Å². The predicted molar refractivity (Wildman–Crippen MR) is 82.5 cm³/mol. The molecule has 0 aliphatic heterocycles. The zero-order valence-electron chi connectivity index (χ0n) is 12.4. The molecule has 0 fully saturated rings. The summed E-state index contributed by atoms with van der Waals surface area (Å²) in [5, 5.41) is 4.37. The maximum atomic E-state index is 5.78. The first kappa shape index (κ1) is 14.6. The van der Waals surface area contributed by atoms with E-state index in [9.17, 15) is 0 Å². The molecule has 1 atom stereocenters. The van der Waals surface area contributed by atoms with Crippen LogP contribution in [0.4, 0.5) is 5.69 Å². The maximum absolute atomic E-state index is 5.78. The van der Waals surface area contributed by atoms with Gasteiger partial charge in [-0.05, 0) is 30.2 Å². The van der Waals surface area contributed by atoms with Crippen LogP contribution in [-0.2, 0) is 6.54 Å². The van der Waals surface area contributed by atoms with E-state index in [-0.39, 0.29) is 6.04 Å². The van der Waals surface area contributed by atoms with Gasteiger partial charge in [0.25, 0.3) is 0 Å². The molecule has 0 radical (unpaired) electrons. The van der Waals surface area contributed by atoms with Gasteiger partial charge in [0.15, 0.2) is 0 Å². The molecule has 2 rings (SSSR count). The lowest BCUT2D eigenvalue weighted by molar-refractivity contribution is 0.521. The third kappa shape index (κ3) is 3.00. The summed E-state index contributed by atoms with van der Waals surface area (Å²) >= 11 is 0. The summed E-state index contributed by atoms with van der Waals surface area (Å²) in [6, 6.07) is 10.3. The molecule has 1 unspecified atom stereocenters. The van der Waals surface area contributed by atoms with E-state index in [1.165, 1.54) is 0 Å². The second-order valence-corrected chi connectivity index (χ2v) is 5.07. The highest BCUT2D eigenvalue weighted by Gasteiger charge is 2.17. The molecule has 0 saturated carbocycles. The maximum Gasteiger partial charge on any atom is 0.0879 e. The second kappa shape index (κ2) is 6.54. The van der Waals surface area contributed by atoms with Gasteiger partial charge in [-0.2, -0.15) is 5.10 Å². The minimum Gasteiger partial charge on any atom is -0.378 e. The van der Waals surface area contributed by atoms with Crippen LogP contribution in [0.2, 0.25) is 0 Å². The Morgan fingerprint density at radius 1 is 1.35 bits per heavy atom. The van der Waals surface area contributed by atoms with Crippen LogP contribution >= 0.6 is 0 Å². The Hall–Kier alpha value is -1.85. The van der Waals surface area contributed by atoms with Crippen LogP contribution in [0.15, 0.2) is 36.5 Å². The number of benzene rings is 1. The molecule has 2 aromatic rings. The number of nitrogens with zero attached hydrogens (tertiary/aromatic N) is 3. The summed E-state index contributed by atoms with van der Waals surface area (Å²) < 4.78 is 2.01. The van der Waals surface area contributed by atoms with Gasteiger partial charge >= 0.3 is 0 Å². The third-order valence-corrected chi connectivity index (χ3v) is 3.37. The van der Waals surface area contributed by atoms with Crippen molar-refractivity contribution in [2.45, 2.75) is 25.9 Å². The van der Waals surface area contributed by atoms with E-state index in [4.69, 9.17) is 5.84 Å². The van der Waals surface area contributed by atoms with Crippen LogP contribution in [0.25, 0.3) is 0 Å². The van der Waals surface area contributed by atoms with Crippen molar-refractivity contribution >= 4 is 5.69 Å². The minimum atomic E-state index is -0.0519. The van der Waals surface area contributed by atoms with Gasteiger partial charge in [-0.1, -0.05) is 19.1 Å². The lowest BCUT2D eigenvalue weighted by atomic mass is 10.0. The van der Waals surface area contributed by atoms with Crippen LogP contribution in [0.3, 0.4) is 0 Å². The SMILES string of the molecule is CCCn1nccc1C(NN)c1cccc(N(C)C)c1. The van der Waals surface area contributed by atoms with Gasteiger partial charge in [0.05, 0.1) is 11.7 Å². The molecule has 0 spiro atoms. The number of nitrogens with one attached hydrogen (secondary N) is 1. The van der Waals surface area contributed by atoms with Gasteiger partial charge in [-0.15, -0.1) is 0 Å². The summed E-state index contributed by atoms with van der Waals surface area (Å²) in [4.78, 5) is 2.08. The standard InChI is InChI=1S/C15H23N5/c1-4-10-20-14(8-9-17-20)15(18-16)12-6-5-7-13(11-12)19(2)3/h5-9,11,15,18H,4,10,16H2,1-3H3. The summed E-state index contributed by atoms with van der Waals surface area (Å²) in [6.45, 7) is 3.04. The van der Waals surface area contributed by atoms with Crippen LogP contribution < -0.4 is 16.2 Å². The molecular weight excluding hydrogens is 250 g/mol. The Labute approximate surface area is 120 Å². The Bertz CT molecular complexity index is 547. The zero-order valence-corrected chi connectivity index (χ0v) is 12.4. The number of hydrogen-bond acceptors (Lipinski definition) is 4. The van der Waals surface area contributed by atoms with E-state index < -0.39 is 0 Å². The lowest BCUT2D eigenvalue weighted by Gasteiger charge is -2.20. The van der Waals surface area contributed by atoms with Gasteiger partial charge in [-0.25, -0.2) is 5.43 Å². The Morgan fingerprint density at radius 2 is 2.15 bits per heavy atom. The van der Waals surface area contributed by atoms with Gasteiger partial charge in [0, 0.05) is 32.5 Å². The number of aryl methyl sites for hydroxylation is 1. The molecule has 108 valence electrons. The first-order valence-corrected chi connectivity index (χ1v) is 6.92. The minimum absolute atomic E-state index is 0.0519. The monoisotopic (exact) mass is 273 g/mol. The van der Waals surface area contributed by atoms with Crippen LogP contribution in [-0.4, -0.2) is 23.9 Å². The van der Waals surface area contributed by atoms with Gasteiger partial charge in [0.2, 0.25) is 0 Å². The molecule has 0 saturated heterocycles. The predicted octanol–water partition coefficient (Wildman–Crippen LogP) is 1.91. The molecule has 5 heteroatoms. The number of rotatable bonds is 6. The normalized spacial score (nSPS) is 12.4. The summed E-state index contributed by atoms with van der Waals surface area (Å²) in [6.07, 6.45) is 2.87. The van der Waals surface area contributed by atoms with Crippen LogP contribution in [0.1, 0.15) is 30.6 Å². The van der Waals surface area contributed by atoms with Crippen molar-refractivity contribution in [2.75, 3.05) is 19.0 Å². The van der Waals surface area contributed by atoms with Crippen molar-refractivity contribution in [3.05, 3.63) is 47.8 Å². The first-order chi connectivity index (χ1) is 9.67. The summed E-state index contributed by atoms with van der Waals surface area (Å²) in [5.74, 6) is 5.78. The number of hydrogen-bond donors (Lipinski definition) is 2. The second-order valence-electron chi connectivity index (χ2n) is 5.07. The Kier molecular flexibility index (Phi) is 4.76. The van der Waals surface area contributed by atoms with Crippen molar-refractivity contribution < 1.29 is 0 Å². The molecule has 0 bridgehead atoms. The topological polar surface area (TPSA) is 59.1 Å². The first-order valence-electron chi connectivity index (χ1n) is 6.92. The van der Waals surface area contributed by atoms with E-state index in [0.717, 1.165) is 29.9 Å². The summed E-state index contributed by atoms with van der Waals surface area (Å²) in [7, 11) is 4.07. The van der Waals surface area contributed by atoms with Crippen molar-refractivity contribution in [3.63, 3.8) is 0 Å². The average Bonchev–Trinajstić information content (AvgIpc) is 2.89. The Morgan fingerprint density at radius 3 is 2.80 bits per heavy atom. The van der Waals surface area contributed by atoms with Gasteiger partial charge < -0.3 is 4.90 Å². The molecule has 5 nitrogen and oxygen atoms in total. The number of aromatic nitrogens is 2. The van der Waals surface area contributed by atoms with Crippen molar-refractivity contribution in [2.24, 2.45) is 5.84 Å². The fourth-order valence-electron chi connectivity index (χ4n) is 2.32.